The maximum Gasteiger partial charge on any atom is 0.231 e. The summed E-state index contributed by atoms with van der Waals surface area (Å²) < 4.78 is 25.9. The fourth-order valence-electron chi connectivity index (χ4n) is 2.87. The molecule has 1 aromatic heterocycles. The second kappa shape index (κ2) is 7.38. The van der Waals surface area contributed by atoms with Gasteiger partial charge in [-0.3, -0.25) is 0 Å². The van der Waals surface area contributed by atoms with Crippen molar-refractivity contribution in [3.05, 3.63) is 80.9 Å². The zero-order chi connectivity index (χ0) is 18.0. The number of aryl methyl sites for hydroxylation is 1. The van der Waals surface area contributed by atoms with Crippen molar-refractivity contribution >= 4 is 27.3 Å². The number of hydrogen-bond donors (Lipinski definition) is 0. The molecule has 2 aromatic carbocycles. The van der Waals surface area contributed by atoms with Gasteiger partial charge < -0.3 is 9.47 Å². The Morgan fingerprint density at radius 2 is 1.64 bits per heavy atom. The van der Waals surface area contributed by atoms with Gasteiger partial charge in [-0.15, -0.1) is 11.3 Å². The number of ether oxygens (including phenoxy) is 2. The van der Waals surface area contributed by atoms with E-state index >= 15 is 0 Å². The second-order valence-electron chi connectivity index (χ2n) is 5.65. The first-order chi connectivity index (χ1) is 12.0. The summed E-state index contributed by atoms with van der Waals surface area (Å²) in [6.07, 6.45) is 0. The van der Waals surface area contributed by atoms with Crippen molar-refractivity contribution in [1.82, 2.24) is 0 Å². The van der Waals surface area contributed by atoms with Gasteiger partial charge in [-0.2, -0.15) is 0 Å². The van der Waals surface area contributed by atoms with Crippen LogP contribution in [0.25, 0.3) is 10.4 Å². The highest BCUT2D eigenvalue weighted by Gasteiger charge is 2.37. The van der Waals surface area contributed by atoms with Gasteiger partial charge in [0.1, 0.15) is 5.82 Å². The Labute approximate surface area is 159 Å². The van der Waals surface area contributed by atoms with Gasteiger partial charge in [0.15, 0.2) is 0 Å². The maximum atomic E-state index is 13.2. The lowest BCUT2D eigenvalue weighted by molar-refractivity contribution is -0.181. The van der Waals surface area contributed by atoms with E-state index in [1.165, 1.54) is 12.1 Å². The monoisotopic (exact) mass is 420 g/mol. The van der Waals surface area contributed by atoms with E-state index in [0.717, 1.165) is 30.9 Å². The molecule has 0 bridgehead atoms. The van der Waals surface area contributed by atoms with Gasteiger partial charge in [-0.1, -0.05) is 34.1 Å². The van der Waals surface area contributed by atoms with Crippen LogP contribution in [0, 0.1) is 12.7 Å². The molecule has 0 amide bonds. The zero-order valence-electron chi connectivity index (χ0n) is 14.2. The lowest BCUT2D eigenvalue weighted by Crippen LogP contribution is -2.32. The molecule has 25 heavy (non-hydrogen) atoms. The SMILES string of the molecule is COC(OC)(c1ccc(-c2ccc(F)cc2)s1)c1cc(Br)ccc1C. The molecule has 130 valence electrons. The van der Waals surface area contributed by atoms with E-state index in [0.29, 0.717) is 0 Å². The van der Waals surface area contributed by atoms with Crippen molar-refractivity contribution in [2.45, 2.75) is 12.7 Å². The molecule has 0 N–H and O–H groups in total. The predicted molar refractivity (Wildman–Crippen MR) is 103 cm³/mol. The fraction of sp³-hybridized carbons (Fsp3) is 0.200. The summed E-state index contributed by atoms with van der Waals surface area (Å²) in [5.41, 5.74) is 2.98. The van der Waals surface area contributed by atoms with Crippen LogP contribution in [0.3, 0.4) is 0 Å². The number of halogens is 2. The van der Waals surface area contributed by atoms with Crippen molar-refractivity contribution in [3.8, 4) is 10.4 Å². The van der Waals surface area contributed by atoms with E-state index in [9.17, 15) is 4.39 Å². The number of thiophene rings is 1. The third-order valence-corrected chi connectivity index (χ3v) is 5.90. The third kappa shape index (κ3) is 3.42. The molecule has 3 rings (SSSR count). The molecular formula is C20H18BrFO2S. The van der Waals surface area contributed by atoms with Gasteiger partial charge >= 0.3 is 0 Å². The number of benzene rings is 2. The van der Waals surface area contributed by atoms with Gasteiger partial charge in [0.2, 0.25) is 5.79 Å². The van der Waals surface area contributed by atoms with Crippen molar-refractivity contribution in [2.24, 2.45) is 0 Å². The largest absolute Gasteiger partial charge is 0.345 e. The van der Waals surface area contributed by atoms with Crippen LogP contribution in [-0.2, 0) is 15.3 Å². The Bertz CT molecular complexity index is 870. The minimum Gasteiger partial charge on any atom is -0.345 e. The average Bonchev–Trinajstić information content (AvgIpc) is 3.10. The van der Waals surface area contributed by atoms with Gasteiger partial charge in [0.25, 0.3) is 0 Å². The van der Waals surface area contributed by atoms with Crippen molar-refractivity contribution in [1.29, 1.82) is 0 Å². The molecule has 1 heterocycles. The highest BCUT2D eigenvalue weighted by Crippen LogP contribution is 2.42. The fourth-order valence-corrected chi connectivity index (χ4v) is 4.41. The Hall–Kier alpha value is -1.53. The van der Waals surface area contributed by atoms with E-state index in [2.05, 4.69) is 15.9 Å². The zero-order valence-corrected chi connectivity index (χ0v) is 16.6. The summed E-state index contributed by atoms with van der Waals surface area (Å²) in [4.78, 5) is 1.96. The first kappa shape index (κ1) is 18.3. The van der Waals surface area contributed by atoms with Crippen LogP contribution < -0.4 is 0 Å². The second-order valence-corrected chi connectivity index (χ2v) is 7.65. The molecule has 3 aromatic rings. The molecule has 0 aliphatic rings. The summed E-state index contributed by atoms with van der Waals surface area (Å²) in [5, 5.41) is 0. The Morgan fingerprint density at radius 3 is 2.28 bits per heavy atom. The summed E-state index contributed by atoms with van der Waals surface area (Å²) in [6, 6.07) is 16.5. The number of hydrogen-bond acceptors (Lipinski definition) is 3. The van der Waals surface area contributed by atoms with Crippen LogP contribution in [0.1, 0.15) is 16.0 Å². The molecule has 0 spiro atoms. The molecule has 0 aliphatic heterocycles. The van der Waals surface area contributed by atoms with Crippen LogP contribution in [0.4, 0.5) is 4.39 Å². The van der Waals surface area contributed by atoms with E-state index < -0.39 is 5.79 Å². The number of methoxy groups -OCH3 is 2. The van der Waals surface area contributed by atoms with E-state index in [-0.39, 0.29) is 5.82 Å². The summed E-state index contributed by atoms with van der Waals surface area (Å²) in [5.74, 6) is -1.23. The van der Waals surface area contributed by atoms with Crippen LogP contribution in [0.15, 0.2) is 59.1 Å². The number of rotatable bonds is 5. The summed E-state index contributed by atoms with van der Waals surface area (Å²) in [6.45, 7) is 2.03. The molecule has 0 radical (unpaired) electrons. The highest BCUT2D eigenvalue weighted by molar-refractivity contribution is 9.10. The normalized spacial score (nSPS) is 11.7. The maximum absolute atomic E-state index is 13.2. The van der Waals surface area contributed by atoms with Gasteiger partial charge in [0, 0.05) is 29.1 Å². The third-order valence-electron chi connectivity index (χ3n) is 4.19. The van der Waals surface area contributed by atoms with E-state index in [1.54, 1.807) is 37.7 Å². The van der Waals surface area contributed by atoms with Crippen molar-refractivity contribution in [3.63, 3.8) is 0 Å². The standard InChI is InChI=1S/C20H18BrFO2S/c1-13-4-7-15(21)12-17(13)20(23-2,24-3)19-11-10-18(25-19)14-5-8-16(22)9-6-14/h4-12H,1-3H3. The van der Waals surface area contributed by atoms with Crippen molar-refractivity contribution < 1.29 is 13.9 Å². The summed E-state index contributed by atoms with van der Waals surface area (Å²) >= 11 is 5.09. The van der Waals surface area contributed by atoms with E-state index in [4.69, 9.17) is 9.47 Å². The first-order valence-electron chi connectivity index (χ1n) is 7.73. The van der Waals surface area contributed by atoms with Crippen LogP contribution >= 0.6 is 27.3 Å². The lowest BCUT2D eigenvalue weighted by atomic mass is 9.98. The molecule has 2 nitrogen and oxygen atoms in total. The van der Waals surface area contributed by atoms with E-state index in [1.807, 2.05) is 37.3 Å². The van der Waals surface area contributed by atoms with Crippen LogP contribution in [0.2, 0.25) is 0 Å². The predicted octanol–water partition coefficient (Wildman–Crippen LogP) is 6.12. The quantitative estimate of drug-likeness (QED) is 0.462. The Kier molecular flexibility index (Phi) is 5.39. The average molecular weight is 421 g/mol. The smallest absolute Gasteiger partial charge is 0.231 e. The molecule has 0 saturated heterocycles. The molecule has 0 aliphatic carbocycles. The molecule has 5 heteroatoms. The molecule has 0 atom stereocenters. The summed E-state index contributed by atoms with van der Waals surface area (Å²) in [7, 11) is 3.28. The van der Waals surface area contributed by atoms with Crippen molar-refractivity contribution in [2.75, 3.05) is 14.2 Å². The molecule has 0 fully saturated rings. The van der Waals surface area contributed by atoms with Gasteiger partial charge in [-0.25, -0.2) is 4.39 Å². The van der Waals surface area contributed by atoms with Gasteiger partial charge in [-0.05, 0) is 54.4 Å². The minimum atomic E-state index is -0.989. The molecular weight excluding hydrogens is 403 g/mol. The van der Waals surface area contributed by atoms with Crippen LogP contribution in [0.5, 0.6) is 0 Å². The topological polar surface area (TPSA) is 18.5 Å². The molecule has 0 saturated carbocycles. The molecule has 0 unspecified atom stereocenters. The Balaban J connectivity index is 2.10. The van der Waals surface area contributed by atoms with Gasteiger partial charge in [0.05, 0.1) is 4.88 Å². The minimum absolute atomic E-state index is 0.242. The lowest BCUT2D eigenvalue weighted by Gasteiger charge is -2.31. The first-order valence-corrected chi connectivity index (χ1v) is 9.34. The highest BCUT2D eigenvalue weighted by atomic mass is 79.9. The Morgan fingerprint density at radius 1 is 0.960 bits per heavy atom. The van der Waals surface area contributed by atoms with Crippen LogP contribution in [-0.4, -0.2) is 14.2 Å².